The van der Waals surface area contributed by atoms with Gasteiger partial charge in [-0.05, 0) is 35.4 Å². The second-order valence-electron chi connectivity index (χ2n) is 5.17. The van der Waals surface area contributed by atoms with Gasteiger partial charge in [0.2, 0.25) is 4.80 Å². The number of halogens is 1. The maximum absolute atomic E-state index is 13.1. The third kappa shape index (κ3) is 3.86. The van der Waals surface area contributed by atoms with Crippen molar-refractivity contribution in [1.82, 2.24) is 4.57 Å². The Labute approximate surface area is 146 Å². The van der Waals surface area contributed by atoms with Crippen molar-refractivity contribution < 1.29 is 9.31 Å². The van der Waals surface area contributed by atoms with E-state index in [9.17, 15) is 14.5 Å². The van der Waals surface area contributed by atoms with Crippen molar-refractivity contribution in [2.24, 2.45) is 17.3 Å². The van der Waals surface area contributed by atoms with Gasteiger partial charge >= 0.3 is 0 Å². The summed E-state index contributed by atoms with van der Waals surface area (Å²) in [5, 5.41) is 20.8. The van der Waals surface area contributed by atoms with E-state index in [0.29, 0.717) is 10.4 Å². The van der Waals surface area contributed by atoms with E-state index >= 15 is 0 Å². The van der Waals surface area contributed by atoms with E-state index < -0.39 is 4.92 Å². The molecule has 0 N–H and O–H groups in total. The van der Waals surface area contributed by atoms with Gasteiger partial charge in [-0.25, -0.2) is 4.39 Å². The van der Waals surface area contributed by atoms with E-state index in [1.54, 1.807) is 24.3 Å². The molecule has 0 aliphatic carbocycles. The molecule has 0 bridgehead atoms. The lowest BCUT2D eigenvalue weighted by Gasteiger charge is -2.02. The second kappa shape index (κ2) is 7.18. The van der Waals surface area contributed by atoms with E-state index in [1.165, 1.54) is 41.8 Å². The molecule has 0 spiro atoms. The van der Waals surface area contributed by atoms with Crippen LogP contribution in [0, 0.1) is 15.9 Å². The number of hydrogen-bond donors (Lipinski definition) is 0. The van der Waals surface area contributed by atoms with Gasteiger partial charge in [-0.15, -0.1) is 16.4 Å². The minimum absolute atomic E-state index is 0.0474. The van der Waals surface area contributed by atoms with Gasteiger partial charge in [-0.1, -0.05) is 12.1 Å². The first kappa shape index (κ1) is 16.7. The van der Waals surface area contributed by atoms with Crippen molar-refractivity contribution >= 4 is 23.2 Å². The lowest BCUT2D eigenvalue weighted by Crippen LogP contribution is -2.10. The summed E-state index contributed by atoms with van der Waals surface area (Å²) in [6.07, 6.45) is 1.48. The zero-order valence-corrected chi connectivity index (χ0v) is 14.0. The van der Waals surface area contributed by atoms with Gasteiger partial charge < -0.3 is 4.57 Å². The second-order valence-corrected chi connectivity index (χ2v) is 6.00. The van der Waals surface area contributed by atoms with Gasteiger partial charge in [0.1, 0.15) is 5.82 Å². The molecule has 3 aromatic rings. The predicted molar refractivity (Wildman–Crippen MR) is 94.9 cm³/mol. The van der Waals surface area contributed by atoms with Crippen LogP contribution in [0.1, 0.15) is 5.56 Å². The summed E-state index contributed by atoms with van der Waals surface area (Å²) < 4.78 is 15.0. The highest BCUT2D eigenvalue weighted by Gasteiger charge is 2.08. The van der Waals surface area contributed by atoms with Crippen LogP contribution in [-0.4, -0.2) is 15.7 Å². The Morgan fingerprint density at radius 1 is 1.24 bits per heavy atom. The molecule has 0 aliphatic rings. The number of benzene rings is 2. The minimum Gasteiger partial charge on any atom is -0.318 e. The summed E-state index contributed by atoms with van der Waals surface area (Å²) >= 11 is 1.39. The molecule has 1 aromatic heterocycles. The Balaban J connectivity index is 1.86. The summed E-state index contributed by atoms with van der Waals surface area (Å²) in [6.45, 7) is 0. The molecule has 0 fully saturated rings. The Morgan fingerprint density at radius 3 is 2.68 bits per heavy atom. The van der Waals surface area contributed by atoms with E-state index in [0.717, 1.165) is 11.3 Å². The molecule has 25 heavy (non-hydrogen) atoms. The molecule has 8 heteroatoms. The maximum atomic E-state index is 13.1. The molecule has 6 nitrogen and oxygen atoms in total. The molecule has 0 aliphatic heterocycles. The number of non-ortho nitro benzene ring substituents is 1. The highest BCUT2D eigenvalue weighted by molar-refractivity contribution is 7.07. The monoisotopic (exact) mass is 356 g/mol. The maximum Gasteiger partial charge on any atom is 0.269 e. The van der Waals surface area contributed by atoms with Crippen molar-refractivity contribution in [2.45, 2.75) is 0 Å². The summed E-state index contributed by atoms with van der Waals surface area (Å²) in [5.74, 6) is -0.328. The lowest BCUT2D eigenvalue weighted by atomic mass is 10.1. The van der Waals surface area contributed by atoms with Gasteiger partial charge in [0.15, 0.2) is 0 Å². The van der Waals surface area contributed by atoms with Gasteiger partial charge in [0.25, 0.3) is 5.69 Å². The SMILES string of the molecule is Cn1c(-c2ccc([N+](=O)[O-])cc2)cs/c1=N/N=C/c1cccc(F)c1. The first-order valence-corrected chi connectivity index (χ1v) is 8.14. The topological polar surface area (TPSA) is 72.8 Å². The minimum atomic E-state index is -0.431. The largest absolute Gasteiger partial charge is 0.318 e. The van der Waals surface area contributed by atoms with Crippen molar-refractivity contribution in [2.75, 3.05) is 0 Å². The Bertz CT molecular complexity index is 1010. The summed E-state index contributed by atoms with van der Waals surface area (Å²) in [7, 11) is 1.84. The summed E-state index contributed by atoms with van der Waals surface area (Å²) in [6, 6.07) is 12.4. The number of thiazole rings is 1. The molecule has 0 unspecified atom stereocenters. The van der Waals surface area contributed by atoms with Crippen LogP contribution in [-0.2, 0) is 7.05 Å². The van der Waals surface area contributed by atoms with Gasteiger partial charge in [0.05, 0.1) is 16.8 Å². The first-order chi connectivity index (χ1) is 12.0. The molecule has 2 aromatic carbocycles. The predicted octanol–water partition coefficient (Wildman–Crippen LogP) is 3.74. The van der Waals surface area contributed by atoms with Crippen LogP contribution in [0.5, 0.6) is 0 Å². The van der Waals surface area contributed by atoms with Crippen LogP contribution < -0.4 is 4.80 Å². The van der Waals surface area contributed by atoms with Crippen LogP contribution in [0.15, 0.2) is 64.1 Å². The fourth-order valence-electron chi connectivity index (χ4n) is 2.21. The van der Waals surface area contributed by atoms with Crippen LogP contribution in [0.4, 0.5) is 10.1 Å². The number of nitro groups is 1. The van der Waals surface area contributed by atoms with E-state index in [1.807, 2.05) is 17.0 Å². The summed E-state index contributed by atoms with van der Waals surface area (Å²) in [4.78, 5) is 10.9. The highest BCUT2D eigenvalue weighted by Crippen LogP contribution is 2.22. The zero-order chi connectivity index (χ0) is 17.8. The third-order valence-electron chi connectivity index (χ3n) is 3.50. The highest BCUT2D eigenvalue weighted by atomic mass is 32.1. The zero-order valence-electron chi connectivity index (χ0n) is 13.2. The van der Waals surface area contributed by atoms with Gasteiger partial charge in [0, 0.05) is 24.6 Å². The van der Waals surface area contributed by atoms with Crippen molar-refractivity contribution in [3.8, 4) is 11.3 Å². The van der Waals surface area contributed by atoms with Crippen LogP contribution in [0.25, 0.3) is 11.3 Å². The number of nitrogens with zero attached hydrogens (tertiary/aromatic N) is 4. The van der Waals surface area contributed by atoms with Crippen LogP contribution in [0.3, 0.4) is 0 Å². The number of nitro benzene ring substituents is 1. The molecule has 0 radical (unpaired) electrons. The molecule has 0 amide bonds. The fourth-order valence-corrected chi connectivity index (χ4v) is 3.07. The average molecular weight is 356 g/mol. The van der Waals surface area contributed by atoms with E-state index in [2.05, 4.69) is 10.2 Å². The first-order valence-electron chi connectivity index (χ1n) is 7.26. The number of rotatable bonds is 4. The van der Waals surface area contributed by atoms with Crippen molar-refractivity contribution in [1.29, 1.82) is 0 Å². The van der Waals surface area contributed by atoms with Crippen LogP contribution >= 0.6 is 11.3 Å². The molecule has 0 saturated heterocycles. The molecule has 0 saturated carbocycles. The molecular weight excluding hydrogens is 343 g/mol. The molecule has 3 rings (SSSR count). The number of aromatic nitrogens is 1. The Morgan fingerprint density at radius 2 is 2.00 bits per heavy atom. The summed E-state index contributed by atoms with van der Waals surface area (Å²) in [5.41, 5.74) is 2.39. The van der Waals surface area contributed by atoms with Gasteiger partial charge in [-0.3, -0.25) is 10.1 Å². The van der Waals surface area contributed by atoms with Crippen LogP contribution in [0.2, 0.25) is 0 Å². The van der Waals surface area contributed by atoms with E-state index in [-0.39, 0.29) is 11.5 Å². The smallest absolute Gasteiger partial charge is 0.269 e. The normalized spacial score (nSPS) is 12.0. The van der Waals surface area contributed by atoms with E-state index in [4.69, 9.17) is 0 Å². The molecule has 126 valence electrons. The van der Waals surface area contributed by atoms with Gasteiger partial charge in [-0.2, -0.15) is 5.10 Å². The fraction of sp³-hybridized carbons (Fsp3) is 0.0588. The molecular formula is C17H13FN4O2S. The quantitative estimate of drug-likeness (QED) is 0.406. The molecule has 1 heterocycles. The Hall–Kier alpha value is -3.13. The molecule has 0 atom stereocenters. The average Bonchev–Trinajstić information content (AvgIpc) is 2.96. The van der Waals surface area contributed by atoms with Crippen molar-refractivity contribution in [3.05, 3.63) is 80.2 Å². The third-order valence-corrected chi connectivity index (χ3v) is 4.40. The number of hydrogen-bond acceptors (Lipinski definition) is 5. The van der Waals surface area contributed by atoms with Crippen molar-refractivity contribution in [3.63, 3.8) is 0 Å². The lowest BCUT2D eigenvalue weighted by molar-refractivity contribution is -0.384. The standard InChI is InChI=1S/C17H13FN4O2S/c1-21-16(13-5-7-15(8-6-13)22(23)24)11-25-17(21)20-19-10-12-3-2-4-14(18)9-12/h2-11H,1H3/b19-10+,20-17+. The Kier molecular flexibility index (Phi) is 4.80.